The largest absolute Gasteiger partial charge is 0.454 e. The second-order valence-corrected chi connectivity index (χ2v) is 15.8. The number of aryl methyl sites for hydroxylation is 3. The molecule has 5 aromatic rings. The van der Waals surface area contributed by atoms with E-state index in [2.05, 4.69) is 142 Å². The van der Waals surface area contributed by atoms with Crippen LogP contribution in [0.1, 0.15) is 102 Å². The Balaban J connectivity index is 1.69. The molecule has 1 aliphatic carbocycles. The van der Waals surface area contributed by atoms with E-state index >= 15 is 0 Å². The van der Waals surface area contributed by atoms with Crippen molar-refractivity contribution in [1.82, 2.24) is 0 Å². The van der Waals surface area contributed by atoms with Gasteiger partial charge in [0.15, 0.2) is 6.20 Å². The number of hydrogen-bond donors (Lipinski definition) is 0. The fourth-order valence-corrected chi connectivity index (χ4v) is 8.13. The fraction of sp³-hybridized carbons (Fsp3) is 0.425. The summed E-state index contributed by atoms with van der Waals surface area (Å²) in [5.74, 6) is 0.484. The van der Waals surface area contributed by atoms with E-state index in [1.165, 1.54) is 61.0 Å². The zero-order valence-corrected chi connectivity index (χ0v) is 27.6. The van der Waals surface area contributed by atoms with Gasteiger partial charge in [-0.25, -0.2) is 4.57 Å². The van der Waals surface area contributed by atoms with Gasteiger partial charge in [-0.2, -0.15) is 0 Å². The highest BCUT2D eigenvalue weighted by Crippen LogP contribution is 2.60. The van der Waals surface area contributed by atoms with Crippen molar-refractivity contribution in [2.45, 2.75) is 93.4 Å². The van der Waals surface area contributed by atoms with Gasteiger partial charge in [-0.05, 0) is 71.3 Å². The number of hydrogen-bond acceptors (Lipinski definition) is 1. The smallest absolute Gasteiger partial charge is 0.216 e. The Morgan fingerprint density at radius 1 is 0.738 bits per heavy atom. The summed E-state index contributed by atoms with van der Waals surface area (Å²) in [6.45, 7) is 23.3. The zero-order chi connectivity index (χ0) is 30.4. The van der Waals surface area contributed by atoms with E-state index in [4.69, 9.17) is 4.42 Å². The lowest BCUT2D eigenvalue weighted by Crippen LogP contribution is -2.35. The summed E-state index contributed by atoms with van der Waals surface area (Å²) in [6.07, 6.45) is 4.49. The van der Waals surface area contributed by atoms with Gasteiger partial charge in [0.2, 0.25) is 5.69 Å². The Labute approximate surface area is 252 Å². The van der Waals surface area contributed by atoms with Crippen LogP contribution < -0.4 is 4.57 Å². The van der Waals surface area contributed by atoms with Gasteiger partial charge in [-0.3, -0.25) is 0 Å². The molecule has 0 saturated heterocycles. The maximum absolute atomic E-state index is 7.13. The predicted molar refractivity (Wildman–Crippen MR) is 178 cm³/mol. The summed E-state index contributed by atoms with van der Waals surface area (Å²) < 4.78 is 9.42. The van der Waals surface area contributed by atoms with Crippen molar-refractivity contribution in [3.8, 4) is 22.4 Å². The first kappa shape index (κ1) is 28.7. The third-order valence-electron chi connectivity index (χ3n) is 9.31. The Morgan fingerprint density at radius 2 is 1.33 bits per heavy atom. The highest BCUT2D eigenvalue weighted by atomic mass is 16.3. The van der Waals surface area contributed by atoms with Crippen LogP contribution in [-0.2, 0) is 12.5 Å². The minimum Gasteiger partial charge on any atom is -0.454 e. The van der Waals surface area contributed by atoms with Crippen molar-refractivity contribution in [2.75, 3.05) is 0 Å². The van der Waals surface area contributed by atoms with Gasteiger partial charge in [0.1, 0.15) is 18.2 Å². The number of furan rings is 1. The number of fused-ring (bicyclic) bond motifs is 7. The second kappa shape index (κ2) is 9.56. The maximum atomic E-state index is 7.13. The molecule has 0 aliphatic heterocycles. The maximum Gasteiger partial charge on any atom is 0.216 e. The quantitative estimate of drug-likeness (QED) is 0.201. The second-order valence-electron chi connectivity index (χ2n) is 15.8. The van der Waals surface area contributed by atoms with Crippen molar-refractivity contribution in [2.24, 2.45) is 17.9 Å². The van der Waals surface area contributed by atoms with Crippen LogP contribution in [0.2, 0.25) is 0 Å². The van der Waals surface area contributed by atoms with Crippen LogP contribution in [-0.4, -0.2) is 0 Å². The lowest BCUT2D eigenvalue weighted by atomic mass is 9.62. The van der Waals surface area contributed by atoms with E-state index in [0.717, 1.165) is 24.0 Å². The van der Waals surface area contributed by atoms with E-state index in [-0.39, 0.29) is 16.2 Å². The minimum atomic E-state index is -0.0649. The summed E-state index contributed by atoms with van der Waals surface area (Å²) >= 11 is 0. The molecule has 2 heteroatoms. The van der Waals surface area contributed by atoms with E-state index in [1.807, 2.05) is 0 Å². The minimum absolute atomic E-state index is 0.0649. The molecule has 0 bridgehead atoms. The van der Waals surface area contributed by atoms with Gasteiger partial charge < -0.3 is 4.42 Å². The normalized spacial score (nSPS) is 14.7. The van der Waals surface area contributed by atoms with Crippen LogP contribution in [0.3, 0.4) is 0 Å². The van der Waals surface area contributed by atoms with Crippen LogP contribution in [0, 0.1) is 24.7 Å². The molecule has 3 aromatic carbocycles. The summed E-state index contributed by atoms with van der Waals surface area (Å²) in [6, 6.07) is 20.8. The molecule has 42 heavy (non-hydrogen) atoms. The summed E-state index contributed by atoms with van der Waals surface area (Å²) in [4.78, 5) is 0. The van der Waals surface area contributed by atoms with Gasteiger partial charge in [0.25, 0.3) is 0 Å². The Kier molecular flexibility index (Phi) is 6.54. The van der Waals surface area contributed by atoms with Gasteiger partial charge in [-0.1, -0.05) is 104 Å². The molecular formula is C40H48NO+. The van der Waals surface area contributed by atoms with E-state index in [1.54, 1.807) is 0 Å². The first-order chi connectivity index (χ1) is 19.6. The lowest BCUT2D eigenvalue weighted by Gasteiger charge is -2.42. The number of nitrogens with zero attached hydrogens (tertiary/aromatic N) is 1. The monoisotopic (exact) mass is 558 g/mol. The van der Waals surface area contributed by atoms with Crippen molar-refractivity contribution in [3.63, 3.8) is 0 Å². The molecule has 1 aliphatic rings. The van der Waals surface area contributed by atoms with Crippen LogP contribution in [0.4, 0.5) is 0 Å². The van der Waals surface area contributed by atoms with Gasteiger partial charge in [0, 0.05) is 33.4 Å². The van der Waals surface area contributed by atoms with Crippen LogP contribution in [0.5, 0.6) is 0 Å². The summed E-state index contributed by atoms with van der Waals surface area (Å²) in [5, 5.41) is 2.40. The Hall–Kier alpha value is -3.39. The molecule has 218 valence electrons. The predicted octanol–water partition coefficient (Wildman–Crippen LogP) is 11.0. The highest BCUT2D eigenvalue weighted by molar-refractivity contribution is 6.14. The number of aromatic nitrogens is 1. The standard InChI is InChI=1S/C40H48NO/c1-24(2)30-21-41(11)33(20-26(30)4)34-25(3)16-17-27-28-18-19-32-35(37(28)42-36(27)34)29-14-12-13-15-31(29)40(32,22-38(5,6)7)23-39(8,9)10/h12-21,24H,22-23H2,1-11H3/q+1. The molecule has 0 atom stereocenters. The Bertz CT molecular complexity index is 1840. The van der Waals surface area contributed by atoms with E-state index < -0.39 is 0 Å². The first-order valence-corrected chi connectivity index (χ1v) is 15.7. The first-order valence-electron chi connectivity index (χ1n) is 15.7. The molecule has 0 spiro atoms. The topological polar surface area (TPSA) is 17.0 Å². The molecule has 0 fully saturated rings. The zero-order valence-electron chi connectivity index (χ0n) is 27.6. The average Bonchev–Trinajstić information content (AvgIpc) is 3.37. The third-order valence-corrected chi connectivity index (χ3v) is 9.31. The average molecular weight is 559 g/mol. The van der Waals surface area contributed by atoms with Crippen molar-refractivity contribution in [1.29, 1.82) is 0 Å². The summed E-state index contributed by atoms with van der Waals surface area (Å²) in [7, 11) is 2.17. The summed E-state index contributed by atoms with van der Waals surface area (Å²) in [5.41, 5.74) is 14.2. The van der Waals surface area contributed by atoms with Crippen LogP contribution in [0.25, 0.3) is 44.3 Å². The lowest BCUT2D eigenvalue weighted by molar-refractivity contribution is -0.660. The fourth-order valence-electron chi connectivity index (χ4n) is 8.13. The van der Waals surface area contributed by atoms with Crippen molar-refractivity contribution >= 4 is 21.9 Å². The number of pyridine rings is 1. The molecule has 0 radical (unpaired) electrons. The van der Waals surface area contributed by atoms with E-state index in [0.29, 0.717) is 5.92 Å². The van der Waals surface area contributed by atoms with E-state index in [9.17, 15) is 0 Å². The van der Waals surface area contributed by atoms with Crippen LogP contribution in [0.15, 0.2) is 65.2 Å². The molecule has 0 saturated carbocycles. The van der Waals surface area contributed by atoms with Gasteiger partial charge >= 0.3 is 0 Å². The molecule has 0 unspecified atom stereocenters. The van der Waals surface area contributed by atoms with Gasteiger partial charge in [0.05, 0.1) is 5.56 Å². The van der Waals surface area contributed by atoms with Crippen LogP contribution >= 0.6 is 0 Å². The molecule has 2 heterocycles. The highest BCUT2D eigenvalue weighted by Gasteiger charge is 2.48. The number of benzene rings is 3. The van der Waals surface area contributed by atoms with Crippen molar-refractivity contribution in [3.05, 3.63) is 88.6 Å². The molecule has 0 amide bonds. The Morgan fingerprint density at radius 3 is 1.95 bits per heavy atom. The molecule has 6 rings (SSSR count). The van der Waals surface area contributed by atoms with Gasteiger partial charge in [-0.15, -0.1) is 0 Å². The number of rotatable bonds is 4. The van der Waals surface area contributed by atoms with Crippen molar-refractivity contribution < 1.29 is 8.98 Å². The third kappa shape index (κ3) is 4.50. The molecular weight excluding hydrogens is 510 g/mol. The molecule has 2 nitrogen and oxygen atoms in total. The molecule has 2 aromatic heterocycles. The SMILES string of the molecule is Cc1cc(-c2c(C)ccc3c2oc2c4c(ccc23)C(CC(C)(C)C)(CC(C)(C)C)c2ccccc2-4)[n+](C)cc1C(C)C. The molecule has 0 N–H and O–H groups in total.